The highest BCUT2D eigenvalue weighted by Gasteiger charge is 2.30. The van der Waals surface area contributed by atoms with E-state index in [1.54, 1.807) is 41.4 Å². The Morgan fingerprint density at radius 2 is 1.86 bits per heavy atom. The largest absolute Gasteiger partial charge is 0.376 e. The number of piperazine rings is 1. The lowest BCUT2D eigenvalue weighted by atomic mass is 10.0. The summed E-state index contributed by atoms with van der Waals surface area (Å²) in [6.07, 6.45) is 2.96. The maximum absolute atomic E-state index is 15.0. The van der Waals surface area contributed by atoms with Gasteiger partial charge in [-0.05, 0) is 36.3 Å². The molecule has 4 aromatic rings. The van der Waals surface area contributed by atoms with Gasteiger partial charge in [0, 0.05) is 57.4 Å². The first-order valence-electron chi connectivity index (χ1n) is 13.8. The van der Waals surface area contributed by atoms with Crippen LogP contribution in [-0.4, -0.2) is 65.6 Å². The highest BCUT2D eigenvalue weighted by atomic mass is 35.5. The zero-order valence-corrected chi connectivity index (χ0v) is 25.2. The number of amides is 1. The molecular formula is C32H31ClFN7O2. The summed E-state index contributed by atoms with van der Waals surface area (Å²) in [5, 5.41) is 0.631. The predicted octanol–water partition coefficient (Wildman–Crippen LogP) is 5.81. The summed E-state index contributed by atoms with van der Waals surface area (Å²) in [7, 11) is 3.72. The van der Waals surface area contributed by atoms with E-state index < -0.39 is 11.4 Å². The Labute approximate surface area is 254 Å². The number of fused-ring (bicyclic) bond motifs is 1. The third-order valence-corrected chi connectivity index (χ3v) is 7.85. The first-order valence-corrected chi connectivity index (χ1v) is 14.2. The lowest BCUT2D eigenvalue weighted by molar-refractivity contribution is -0.126. The Kier molecular flexibility index (Phi) is 8.20. The van der Waals surface area contributed by atoms with Crippen molar-refractivity contribution in [3.63, 3.8) is 0 Å². The number of aromatic nitrogens is 3. The fraction of sp³-hybridized carbons (Fsp3) is 0.281. The summed E-state index contributed by atoms with van der Waals surface area (Å²) in [6.45, 7) is 17.2. The summed E-state index contributed by atoms with van der Waals surface area (Å²) in [4.78, 5) is 45.4. The topological polar surface area (TPSA) is 78.9 Å². The number of pyridine rings is 3. The smallest absolute Gasteiger partial charge is 0.274 e. The fourth-order valence-electron chi connectivity index (χ4n) is 5.48. The maximum atomic E-state index is 15.0. The van der Waals surface area contributed by atoms with Gasteiger partial charge in [-0.25, -0.2) is 14.2 Å². The molecule has 4 heterocycles. The van der Waals surface area contributed by atoms with Crippen molar-refractivity contribution in [3.8, 4) is 16.9 Å². The highest BCUT2D eigenvalue weighted by Crippen LogP contribution is 2.41. The van der Waals surface area contributed by atoms with Gasteiger partial charge in [-0.1, -0.05) is 44.2 Å². The summed E-state index contributed by atoms with van der Waals surface area (Å²) in [5.41, 5.74) is 2.11. The molecule has 0 N–H and O–H groups in total. The summed E-state index contributed by atoms with van der Waals surface area (Å²) < 4.78 is 16.5. The second kappa shape index (κ2) is 11.9. The van der Waals surface area contributed by atoms with E-state index in [1.165, 1.54) is 16.7 Å². The molecule has 11 heteroatoms. The average Bonchev–Trinajstić information content (AvgIpc) is 3.00. The highest BCUT2D eigenvalue weighted by molar-refractivity contribution is 6.34. The first-order chi connectivity index (χ1) is 20.6. The molecule has 0 saturated carbocycles. The minimum Gasteiger partial charge on any atom is -0.376 e. The number of carbonyl (C=O) groups is 1. The summed E-state index contributed by atoms with van der Waals surface area (Å²) in [5.74, 6) is -0.773. The Morgan fingerprint density at radius 1 is 1.16 bits per heavy atom. The molecule has 0 spiro atoms. The molecule has 1 saturated heterocycles. The van der Waals surface area contributed by atoms with E-state index in [0.29, 0.717) is 54.3 Å². The van der Waals surface area contributed by atoms with E-state index in [-0.39, 0.29) is 39.4 Å². The first kappa shape index (κ1) is 29.7. The van der Waals surface area contributed by atoms with Crippen LogP contribution in [0.15, 0.2) is 60.0 Å². The van der Waals surface area contributed by atoms with Gasteiger partial charge in [-0.15, -0.1) is 0 Å². The lowest BCUT2D eigenvalue weighted by Gasteiger charge is -2.37. The molecule has 9 nitrogen and oxygen atoms in total. The van der Waals surface area contributed by atoms with Gasteiger partial charge in [0.15, 0.2) is 0 Å². The number of hydrogen-bond donors (Lipinski definition) is 0. The molecular weight excluding hydrogens is 569 g/mol. The van der Waals surface area contributed by atoms with Gasteiger partial charge in [0.25, 0.3) is 11.2 Å². The van der Waals surface area contributed by atoms with Crippen molar-refractivity contribution >= 4 is 45.6 Å². The Bertz CT molecular complexity index is 1830. The van der Waals surface area contributed by atoms with Gasteiger partial charge in [0.1, 0.15) is 11.5 Å². The minimum atomic E-state index is -0.575. The van der Waals surface area contributed by atoms with Crippen LogP contribution in [0.3, 0.4) is 0 Å². The van der Waals surface area contributed by atoms with Gasteiger partial charge in [0.05, 0.1) is 40.0 Å². The van der Waals surface area contributed by atoms with Gasteiger partial charge >= 0.3 is 0 Å². The van der Waals surface area contributed by atoms with E-state index in [9.17, 15) is 9.59 Å². The molecule has 5 rings (SSSR count). The molecule has 3 aromatic heterocycles. The number of anilines is 2. The number of rotatable bonds is 6. The lowest BCUT2D eigenvalue weighted by Crippen LogP contribution is -2.48. The predicted molar refractivity (Wildman–Crippen MR) is 169 cm³/mol. The van der Waals surface area contributed by atoms with Crippen LogP contribution in [0.5, 0.6) is 0 Å². The molecule has 1 fully saturated rings. The SMILES string of the molecule is [C-]#[N+]c1c(N2CCN(C(=O)C=C)CC2)c2cc(Cl)c(-c3ccccc3F)nc2n(-c2c(N(C)C)ccnc2C(C)C)c1=O. The third-order valence-electron chi connectivity index (χ3n) is 7.56. The summed E-state index contributed by atoms with van der Waals surface area (Å²) in [6, 6.07) is 9.62. The molecule has 220 valence electrons. The minimum absolute atomic E-state index is 0.0817. The molecule has 43 heavy (non-hydrogen) atoms. The zero-order chi connectivity index (χ0) is 31.0. The number of nitrogens with zero attached hydrogens (tertiary/aromatic N) is 7. The molecule has 0 atom stereocenters. The fourth-order valence-corrected chi connectivity index (χ4v) is 5.73. The molecule has 1 aromatic carbocycles. The van der Waals surface area contributed by atoms with Crippen LogP contribution >= 0.6 is 11.6 Å². The number of benzene rings is 1. The molecule has 0 aliphatic carbocycles. The van der Waals surface area contributed by atoms with E-state index in [2.05, 4.69) is 16.4 Å². The Balaban J connectivity index is 1.91. The van der Waals surface area contributed by atoms with Crippen molar-refractivity contribution in [2.45, 2.75) is 19.8 Å². The van der Waals surface area contributed by atoms with Gasteiger partial charge in [0.2, 0.25) is 5.91 Å². The summed E-state index contributed by atoms with van der Waals surface area (Å²) >= 11 is 6.80. The zero-order valence-electron chi connectivity index (χ0n) is 24.4. The normalized spacial score (nSPS) is 13.3. The van der Waals surface area contributed by atoms with Crippen LogP contribution in [-0.2, 0) is 4.79 Å². The quantitative estimate of drug-likeness (QED) is 0.205. The molecule has 0 radical (unpaired) electrons. The van der Waals surface area contributed by atoms with E-state index >= 15 is 4.39 Å². The standard InChI is InChI=1S/C32H31ClFN7O2/c1-7-25(42)39-14-16-40(17-15-39)29-21-18-22(33)27(20-10-8-9-11-23(20)34)37-31(21)41(32(43)28(29)35-4)30-24(38(5)6)12-13-36-26(30)19(2)3/h7-13,18-19H,1,14-17H2,2-3,5-6H3. The van der Waals surface area contributed by atoms with Crippen molar-refractivity contribution in [2.75, 3.05) is 50.1 Å². The molecule has 1 aliphatic rings. The van der Waals surface area contributed by atoms with Gasteiger partial charge in [-0.2, -0.15) is 0 Å². The van der Waals surface area contributed by atoms with Crippen molar-refractivity contribution in [3.05, 3.63) is 93.6 Å². The van der Waals surface area contributed by atoms with Crippen molar-refractivity contribution < 1.29 is 9.18 Å². The van der Waals surface area contributed by atoms with E-state index in [1.807, 2.05) is 37.7 Å². The van der Waals surface area contributed by atoms with Crippen LogP contribution in [0.2, 0.25) is 5.02 Å². The number of hydrogen-bond acceptors (Lipinski definition) is 6. The second-order valence-corrected chi connectivity index (χ2v) is 11.2. The van der Waals surface area contributed by atoms with Crippen molar-refractivity contribution in [1.82, 2.24) is 19.4 Å². The molecule has 1 aliphatic heterocycles. The van der Waals surface area contributed by atoms with Gasteiger partial charge in [-0.3, -0.25) is 19.1 Å². The monoisotopic (exact) mass is 599 g/mol. The number of carbonyl (C=O) groups excluding carboxylic acids is 1. The van der Waals surface area contributed by atoms with Gasteiger partial charge < -0.3 is 14.7 Å². The molecule has 0 unspecified atom stereocenters. The Morgan fingerprint density at radius 3 is 2.47 bits per heavy atom. The van der Waals surface area contributed by atoms with Crippen molar-refractivity contribution in [2.24, 2.45) is 0 Å². The van der Waals surface area contributed by atoms with Crippen LogP contribution in [0, 0.1) is 12.4 Å². The number of halogens is 2. The Hall–Kier alpha value is -4.75. The van der Waals surface area contributed by atoms with Crippen LogP contribution in [0.4, 0.5) is 21.5 Å². The van der Waals surface area contributed by atoms with Crippen LogP contribution in [0.1, 0.15) is 25.5 Å². The molecule has 1 amide bonds. The average molecular weight is 600 g/mol. The van der Waals surface area contributed by atoms with E-state index in [0.717, 1.165) is 0 Å². The van der Waals surface area contributed by atoms with E-state index in [4.69, 9.17) is 23.2 Å². The van der Waals surface area contributed by atoms with Crippen molar-refractivity contribution in [1.29, 1.82) is 0 Å². The maximum Gasteiger partial charge on any atom is 0.274 e. The second-order valence-electron chi connectivity index (χ2n) is 10.7. The van der Waals surface area contributed by atoms with Crippen LogP contribution in [0.25, 0.3) is 32.8 Å². The molecule has 0 bridgehead atoms. The van der Waals surface area contributed by atoms with Crippen LogP contribution < -0.4 is 15.4 Å². The third kappa shape index (κ3) is 5.21.